The van der Waals surface area contributed by atoms with Crippen molar-refractivity contribution >= 4 is 11.8 Å². The number of benzene rings is 1. The maximum absolute atomic E-state index is 11.3. The molecule has 2 N–H and O–H groups in total. The molecule has 2 aromatic heterocycles. The summed E-state index contributed by atoms with van der Waals surface area (Å²) in [5.74, 6) is -0.178. The molecule has 1 aromatic carbocycles. The van der Waals surface area contributed by atoms with Crippen molar-refractivity contribution in [3.05, 3.63) is 70.7 Å². The Morgan fingerprint density at radius 2 is 2.14 bits per heavy atom. The fourth-order valence-electron chi connectivity index (χ4n) is 2.62. The van der Waals surface area contributed by atoms with Crippen molar-refractivity contribution in [3.63, 3.8) is 0 Å². The number of aryl methyl sites for hydroxylation is 2. The third-order valence-corrected chi connectivity index (χ3v) is 3.96. The van der Waals surface area contributed by atoms with Crippen molar-refractivity contribution in [2.24, 2.45) is 10.9 Å². The number of amidine groups is 1. The van der Waals surface area contributed by atoms with E-state index in [0.29, 0.717) is 6.54 Å². The highest BCUT2D eigenvalue weighted by Crippen LogP contribution is 2.11. The molecule has 3 aromatic rings. The third kappa shape index (κ3) is 4.56. The predicted octanol–water partition coefficient (Wildman–Crippen LogP) is 2.16. The summed E-state index contributed by atoms with van der Waals surface area (Å²) >= 11 is 0. The summed E-state index contributed by atoms with van der Waals surface area (Å²) in [6, 6.07) is 9.69. The van der Waals surface area contributed by atoms with Gasteiger partial charge >= 0.3 is 5.97 Å². The summed E-state index contributed by atoms with van der Waals surface area (Å²) in [7, 11) is 1.27. The van der Waals surface area contributed by atoms with Crippen LogP contribution < -0.4 is 5.73 Å². The molecule has 28 heavy (non-hydrogen) atoms. The third-order valence-electron chi connectivity index (χ3n) is 3.96. The lowest BCUT2D eigenvalue weighted by Crippen LogP contribution is -2.14. The fourth-order valence-corrected chi connectivity index (χ4v) is 2.62. The molecule has 0 radical (unpaired) electrons. The van der Waals surface area contributed by atoms with Crippen LogP contribution in [0.1, 0.15) is 38.9 Å². The first-order chi connectivity index (χ1) is 13.5. The Labute approximate surface area is 161 Å². The topological polar surface area (TPSA) is 118 Å². The lowest BCUT2D eigenvalue weighted by atomic mass is 10.1. The van der Waals surface area contributed by atoms with Crippen LogP contribution in [0.25, 0.3) is 0 Å². The molecule has 0 unspecified atom stereocenters. The van der Waals surface area contributed by atoms with Crippen molar-refractivity contribution in [2.45, 2.75) is 27.0 Å². The number of nitrogens with zero attached hydrogens (tertiary/aromatic N) is 4. The number of carbonyl (C=O) groups excluding carboxylic acids is 1. The van der Waals surface area contributed by atoms with E-state index < -0.39 is 5.97 Å². The summed E-state index contributed by atoms with van der Waals surface area (Å²) in [6.45, 7) is 4.54. The zero-order chi connectivity index (χ0) is 20.1. The Kier molecular flexibility index (Phi) is 5.73. The van der Waals surface area contributed by atoms with Gasteiger partial charge in [-0.1, -0.05) is 23.4 Å². The van der Waals surface area contributed by atoms with Crippen molar-refractivity contribution in [1.82, 2.24) is 14.8 Å². The van der Waals surface area contributed by atoms with Crippen LogP contribution in [-0.4, -0.2) is 33.7 Å². The SMILES string of the molecule is COC(=O)c1coc(CO/N=C(\N)c2cccc(Cn3nc(C)cc3C)c2)n1. The molecule has 2 heterocycles. The van der Waals surface area contributed by atoms with Crippen LogP contribution >= 0.6 is 0 Å². The molecular formula is C19H21N5O4. The fraction of sp³-hybridized carbons (Fsp3) is 0.263. The molecule has 0 amide bonds. The minimum Gasteiger partial charge on any atom is -0.464 e. The maximum Gasteiger partial charge on any atom is 0.360 e. The largest absolute Gasteiger partial charge is 0.464 e. The van der Waals surface area contributed by atoms with Gasteiger partial charge in [-0.25, -0.2) is 9.78 Å². The summed E-state index contributed by atoms with van der Waals surface area (Å²) in [4.78, 5) is 20.5. The standard InChI is InChI=1S/C19H21N5O4/c1-12-7-13(2)24(22-12)9-14-5-4-6-15(8-14)18(20)23-28-11-17-21-16(10-27-17)19(25)26-3/h4-8,10H,9,11H2,1-3H3,(H2,20,23). The van der Waals surface area contributed by atoms with Gasteiger partial charge in [0.2, 0.25) is 5.89 Å². The number of rotatable bonds is 7. The number of carbonyl (C=O) groups is 1. The van der Waals surface area contributed by atoms with Gasteiger partial charge in [-0.15, -0.1) is 0 Å². The number of hydrogen-bond donors (Lipinski definition) is 1. The van der Waals surface area contributed by atoms with Gasteiger partial charge in [0.15, 0.2) is 18.1 Å². The van der Waals surface area contributed by atoms with E-state index in [1.165, 1.54) is 13.4 Å². The van der Waals surface area contributed by atoms with Crippen molar-refractivity contribution in [2.75, 3.05) is 7.11 Å². The van der Waals surface area contributed by atoms with E-state index in [4.69, 9.17) is 15.0 Å². The van der Waals surface area contributed by atoms with E-state index in [1.807, 2.05) is 48.9 Å². The molecule has 0 saturated carbocycles. The van der Waals surface area contributed by atoms with Crippen LogP contribution in [0.4, 0.5) is 0 Å². The van der Waals surface area contributed by atoms with Crippen LogP contribution in [0.2, 0.25) is 0 Å². The summed E-state index contributed by atoms with van der Waals surface area (Å²) in [5, 5.41) is 8.35. The normalized spacial score (nSPS) is 11.5. The zero-order valence-electron chi connectivity index (χ0n) is 15.9. The Hall–Kier alpha value is -3.62. The number of nitrogens with two attached hydrogens (primary N) is 1. The number of methoxy groups -OCH3 is 1. The number of esters is 1. The van der Waals surface area contributed by atoms with E-state index in [2.05, 4.69) is 20.0 Å². The minimum atomic E-state index is -0.586. The lowest BCUT2D eigenvalue weighted by Gasteiger charge is -2.07. The molecule has 0 saturated heterocycles. The smallest absolute Gasteiger partial charge is 0.360 e. The van der Waals surface area contributed by atoms with Gasteiger partial charge in [0.25, 0.3) is 0 Å². The summed E-state index contributed by atoms with van der Waals surface area (Å²) in [5.41, 5.74) is 9.90. The predicted molar refractivity (Wildman–Crippen MR) is 101 cm³/mol. The second-order valence-corrected chi connectivity index (χ2v) is 6.15. The number of aromatic nitrogens is 3. The first-order valence-electron chi connectivity index (χ1n) is 8.55. The molecule has 9 nitrogen and oxygen atoms in total. The molecule has 0 spiro atoms. The summed E-state index contributed by atoms with van der Waals surface area (Å²) < 4.78 is 11.6. The number of ether oxygens (including phenoxy) is 1. The first-order valence-corrected chi connectivity index (χ1v) is 8.55. The Balaban J connectivity index is 1.63. The van der Waals surface area contributed by atoms with E-state index in [0.717, 1.165) is 22.5 Å². The van der Waals surface area contributed by atoms with Crippen molar-refractivity contribution < 1.29 is 18.8 Å². The number of oxime groups is 1. The molecule has 9 heteroatoms. The van der Waals surface area contributed by atoms with Crippen LogP contribution in [0.15, 0.2) is 46.2 Å². The molecule has 0 aliphatic carbocycles. The molecule has 0 aliphatic rings. The Morgan fingerprint density at radius 3 is 2.86 bits per heavy atom. The van der Waals surface area contributed by atoms with Gasteiger partial charge in [0.1, 0.15) is 6.26 Å². The van der Waals surface area contributed by atoms with Gasteiger partial charge in [0.05, 0.1) is 19.3 Å². The molecule has 0 fully saturated rings. The second-order valence-electron chi connectivity index (χ2n) is 6.15. The maximum atomic E-state index is 11.3. The molecule has 146 valence electrons. The van der Waals surface area contributed by atoms with Crippen molar-refractivity contribution in [3.8, 4) is 0 Å². The minimum absolute atomic E-state index is 0.0647. The van der Waals surface area contributed by atoms with Crippen LogP contribution in [0, 0.1) is 13.8 Å². The average molecular weight is 383 g/mol. The highest BCUT2D eigenvalue weighted by atomic mass is 16.6. The van der Waals surface area contributed by atoms with Gasteiger partial charge in [-0.3, -0.25) is 4.68 Å². The van der Waals surface area contributed by atoms with Crippen LogP contribution in [0.5, 0.6) is 0 Å². The second kappa shape index (κ2) is 8.38. The monoisotopic (exact) mass is 383 g/mol. The number of oxazole rings is 1. The average Bonchev–Trinajstić information content (AvgIpc) is 3.27. The first kappa shape index (κ1) is 19.2. The van der Waals surface area contributed by atoms with E-state index in [1.54, 1.807) is 0 Å². The zero-order valence-corrected chi connectivity index (χ0v) is 15.9. The lowest BCUT2D eigenvalue weighted by molar-refractivity contribution is 0.0593. The quantitative estimate of drug-likeness (QED) is 0.287. The van der Waals surface area contributed by atoms with Gasteiger partial charge in [-0.2, -0.15) is 5.10 Å². The molecule has 0 atom stereocenters. The van der Waals surface area contributed by atoms with Crippen LogP contribution in [0.3, 0.4) is 0 Å². The Morgan fingerprint density at radius 1 is 1.32 bits per heavy atom. The molecule has 0 bridgehead atoms. The molecule has 0 aliphatic heterocycles. The van der Waals surface area contributed by atoms with Gasteiger partial charge in [-0.05, 0) is 31.5 Å². The van der Waals surface area contributed by atoms with E-state index in [9.17, 15) is 4.79 Å². The summed E-state index contributed by atoms with van der Waals surface area (Å²) in [6.07, 6.45) is 1.19. The van der Waals surface area contributed by atoms with Gasteiger partial charge in [0, 0.05) is 11.3 Å². The number of hydrogen-bond acceptors (Lipinski definition) is 7. The highest BCUT2D eigenvalue weighted by Gasteiger charge is 2.12. The van der Waals surface area contributed by atoms with E-state index >= 15 is 0 Å². The van der Waals surface area contributed by atoms with E-state index in [-0.39, 0.29) is 24.0 Å². The molecule has 3 rings (SSSR count). The Bertz CT molecular complexity index is 1010. The van der Waals surface area contributed by atoms with Crippen molar-refractivity contribution in [1.29, 1.82) is 0 Å². The van der Waals surface area contributed by atoms with Crippen LogP contribution in [-0.2, 0) is 22.7 Å². The molecular weight excluding hydrogens is 362 g/mol. The van der Waals surface area contributed by atoms with Gasteiger partial charge < -0.3 is 19.7 Å². The highest BCUT2D eigenvalue weighted by molar-refractivity contribution is 5.97.